The molecule has 2 nitrogen and oxygen atoms in total. The highest BCUT2D eigenvalue weighted by Crippen LogP contribution is 2.59. The Morgan fingerprint density at radius 1 is 1.20 bits per heavy atom. The van der Waals surface area contributed by atoms with Gasteiger partial charge in [-0.15, -0.1) is 11.3 Å². The van der Waals surface area contributed by atoms with Crippen LogP contribution in [0.3, 0.4) is 0 Å². The second kappa shape index (κ2) is 10.6. The molecule has 5 heteroatoms. The highest BCUT2D eigenvalue weighted by atomic mass is 32.1. The van der Waals surface area contributed by atoms with Gasteiger partial charge in [-0.3, -0.25) is 0 Å². The van der Waals surface area contributed by atoms with Crippen LogP contribution < -0.4 is 0 Å². The van der Waals surface area contributed by atoms with Crippen LogP contribution in [0.15, 0.2) is 11.6 Å². The molecule has 2 saturated carbocycles. The van der Waals surface area contributed by atoms with E-state index in [1.807, 2.05) is 5.38 Å². The van der Waals surface area contributed by atoms with Gasteiger partial charge in [0.1, 0.15) is 5.01 Å². The van der Waals surface area contributed by atoms with E-state index in [-0.39, 0.29) is 0 Å². The Hall–Kier alpha value is -0.263. The molecule has 0 aromatic carbocycles. The Morgan fingerprint density at radius 3 is 2.57 bits per heavy atom. The van der Waals surface area contributed by atoms with Crippen molar-refractivity contribution in [3.05, 3.63) is 16.6 Å². The Balaban J connectivity index is 1.58. The lowest BCUT2D eigenvalue weighted by Crippen LogP contribution is -2.48. The average molecular weight is 454 g/mol. The highest BCUT2D eigenvalue weighted by molar-refractivity contribution is 7.09. The van der Waals surface area contributed by atoms with Crippen LogP contribution in [0.5, 0.6) is 0 Å². The largest absolute Gasteiger partial charge is 0.414 e. The van der Waals surface area contributed by atoms with Crippen molar-refractivity contribution < 1.29 is 8.82 Å². The molecule has 0 amide bonds. The second-order valence-corrected chi connectivity index (χ2v) is 16.0. The number of aromatic nitrogens is 1. The molecule has 0 bridgehead atoms. The molecule has 6 unspecified atom stereocenters. The van der Waals surface area contributed by atoms with Gasteiger partial charge in [-0.05, 0) is 79.8 Å². The number of halogens is 1. The summed E-state index contributed by atoms with van der Waals surface area (Å²) in [7, 11) is -1.55. The number of fused-ring (bicyclic) bond motifs is 1. The van der Waals surface area contributed by atoms with Gasteiger partial charge in [0.15, 0.2) is 14.5 Å². The van der Waals surface area contributed by atoms with Crippen molar-refractivity contribution in [2.45, 2.75) is 116 Å². The summed E-state index contributed by atoms with van der Waals surface area (Å²) in [6.07, 6.45) is 10.7. The minimum absolute atomic E-state index is 0.419. The minimum atomic E-state index is -1.55. The molecule has 1 aromatic rings. The first-order valence-electron chi connectivity index (χ1n) is 12.6. The third kappa shape index (κ3) is 5.04. The van der Waals surface area contributed by atoms with E-state index in [1.165, 1.54) is 61.6 Å². The molecule has 172 valence electrons. The molecule has 3 rings (SSSR count). The molecule has 0 aliphatic heterocycles. The number of hydrogen-bond donors (Lipinski definition) is 0. The van der Waals surface area contributed by atoms with Crippen LogP contribution in [0.1, 0.15) is 97.2 Å². The van der Waals surface area contributed by atoms with Gasteiger partial charge in [0.2, 0.25) is 0 Å². The summed E-state index contributed by atoms with van der Waals surface area (Å²) in [5.41, 5.74) is 0.419. The van der Waals surface area contributed by atoms with E-state index in [0.29, 0.717) is 28.9 Å². The minimum Gasteiger partial charge on any atom is -0.414 e. The van der Waals surface area contributed by atoms with Gasteiger partial charge in [-0.25, -0.2) is 9.37 Å². The molecule has 6 atom stereocenters. The summed E-state index contributed by atoms with van der Waals surface area (Å²) in [6.45, 7) is 12.1. The number of hydrogen-bond acceptors (Lipinski definition) is 3. The smallest absolute Gasteiger partial charge is 0.192 e. The van der Waals surface area contributed by atoms with Crippen molar-refractivity contribution in [3.8, 4) is 0 Å². The maximum absolute atomic E-state index is 14.4. The van der Waals surface area contributed by atoms with E-state index in [1.54, 1.807) is 6.20 Å². The van der Waals surface area contributed by atoms with Crippen LogP contribution in [-0.4, -0.2) is 19.4 Å². The summed E-state index contributed by atoms with van der Waals surface area (Å²) >= 11 is 1.44. The topological polar surface area (TPSA) is 22.1 Å². The van der Waals surface area contributed by atoms with Crippen LogP contribution in [0.4, 0.5) is 4.39 Å². The van der Waals surface area contributed by atoms with Crippen LogP contribution in [0, 0.1) is 23.2 Å². The summed E-state index contributed by atoms with van der Waals surface area (Å²) in [4.78, 5) is 4.15. The fourth-order valence-corrected chi connectivity index (χ4v) is 10.5. The Bertz CT molecular complexity index is 629. The van der Waals surface area contributed by atoms with Crippen LogP contribution in [-0.2, 0) is 4.43 Å². The fraction of sp³-hybridized carbons (Fsp3) is 0.880. The first kappa shape index (κ1) is 24.4. The van der Waals surface area contributed by atoms with Crippen molar-refractivity contribution in [1.82, 2.24) is 4.98 Å². The van der Waals surface area contributed by atoms with Gasteiger partial charge in [0.05, 0.1) is 0 Å². The number of thiazole rings is 1. The lowest BCUT2D eigenvalue weighted by atomic mass is 9.61. The number of alkyl halides is 1. The zero-order chi connectivity index (χ0) is 21.8. The maximum atomic E-state index is 14.4. The SMILES string of the molecule is CC[Si](CC)(CC)OC1CCCC2(C)C(C(C)CCCC(F)c3nccs3)CCC12. The van der Waals surface area contributed by atoms with Crippen molar-refractivity contribution in [1.29, 1.82) is 0 Å². The van der Waals surface area contributed by atoms with Crippen LogP contribution in [0.25, 0.3) is 0 Å². The molecular formula is C25H44FNOSSi. The lowest BCUT2D eigenvalue weighted by Gasteiger charge is -2.49. The van der Waals surface area contributed by atoms with Crippen molar-refractivity contribution in [2.75, 3.05) is 0 Å². The summed E-state index contributed by atoms with van der Waals surface area (Å²) in [5.74, 6) is 2.18. The lowest BCUT2D eigenvalue weighted by molar-refractivity contribution is -0.0204. The molecule has 2 aliphatic carbocycles. The quantitative estimate of drug-likeness (QED) is 0.313. The van der Waals surface area contributed by atoms with Gasteiger partial charge in [-0.1, -0.05) is 47.5 Å². The maximum Gasteiger partial charge on any atom is 0.192 e. The van der Waals surface area contributed by atoms with Gasteiger partial charge in [0.25, 0.3) is 0 Å². The van der Waals surface area contributed by atoms with Crippen LogP contribution >= 0.6 is 11.3 Å². The van der Waals surface area contributed by atoms with E-state index in [2.05, 4.69) is 39.6 Å². The molecule has 30 heavy (non-hydrogen) atoms. The molecule has 0 spiro atoms. The fourth-order valence-electron chi connectivity index (χ4n) is 6.89. The summed E-state index contributed by atoms with van der Waals surface area (Å²) < 4.78 is 21.5. The first-order chi connectivity index (χ1) is 14.4. The normalized spacial score (nSPS) is 31.5. The van der Waals surface area contributed by atoms with Crippen molar-refractivity contribution in [3.63, 3.8) is 0 Å². The van der Waals surface area contributed by atoms with Crippen molar-refractivity contribution >= 4 is 19.7 Å². The Kier molecular flexibility index (Phi) is 8.59. The molecule has 2 fully saturated rings. The summed E-state index contributed by atoms with van der Waals surface area (Å²) in [5, 5.41) is 2.52. The van der Waals surface area contributed by atoms with Crippen molar-refractivity contribution in [2.24, 2.45) is 23.2 Å². The summed E-state index contributed by atoms with van der Waals surface area (Å²) in [6, 6.07) is 3.76. The number of rotatable bonds is 11. The molecule has 0 saturated heterocycles. The number of nitrogens with zero attached hydrogens (tertiary/aromatic N) is 1. The molecule has 0 radical (unpaired) electrons. The predicted molar refractivity (Wildman–Crippen MR) is 129 cm³/mol. The van der Waals surface area contributed by atoms with Gasteiger partial charge < -0.3 is 4.43 Å². The zero-order valence-corrected chi connectivity index (χ0v) is 21.8. The van der Waals surface area contributed by atoms with E-state index in [0.717, 1.165) is 24.7 Å². The first-order valence-corrected chi connectivity index (χ1v) is 16.0. The second-order valence-electron chi connectivity index (χ2n) is 10.3. The van der Waals surface area contributed by atoms with E-state index < -0.39 is 14.5 Å². The standard InChI is InChI=1S/C25H44FNOSSi/c1-6-30(7-2,8-3)28-23-13-10-16-25(5)20(14-15-21(23)25)19(4)11-9-12-22(26)24-27-17-18-29-24/h17-23H,6-16H2,1-5H3. The molecule has 0 N–H and O–H groups in total. The molecular weight excluding hydrogens is 409 g/mol. The monoisotopic (exact) mass is 453 g/mol. The molecule has 2 aliphatic rings. The third-order valence-electron chi connectivity index (χ3n) is 8.99. The van der Waals surface area contributed by atoms with Crippen LogP contribution in [0.2, 0.25) is 18.1 Å². The average Bonchev–Trinajstić information content (AvgIpc) is 3.40. The Morgan fingerprint density at radius 2 is 1.93 bits per heavy atom. The van der Waals surface area contributed by atoms with Gasteiger partial charge in [-0.2, -0.15) is 0 Å². The van der Waals surface area contributed by atoms with Gasteiger partial charge >= 0.3 is 0 Å². The predicted octanol–water partition coefficient (Wildman–Crippen LogP) is 8.57. The van der Waals surface area contributed by atoms with Gasteiger partial charge in [0, 0.05) is 17.7 Å². The third-order valence-corrected chi connectivity index (χ3v) is 14.5. The molecule has 1 heterocycles. The zero-order valence-electron chi connectivity index (χ0n) is 20.0. The van der Waals surface area contributed by atoms with E-state index >= 15 is 0 Å². The van der Waals surface area contributed by atoms with E-state index in [9.17, 15) is 4.39 Å². The Labute approximate surface area is 189 Å². The molecule has 1 aromatic heterocycles. The van der Waals surface area contributed by atoms with E-state index in [4.69, 9.17) is 4.43 Å². The highest BCUT2D eigenvalue weighted by Gasteiger charge is 2.53.